The molecule has 0 aliphatic heterocycles. The van der Waals surface area contributed by atoms with Crippen LogP contribution in [0.3, 0.4) is 0 Å². The lowest BCUT2D eigenvalue weighted by Crippen LogP contribution is -2.22. The third-order valence-electron chi connectivity index (χ3n) is 5.21. The van der Waals surface area contributed by atoms with Crippen molar-refractivity contribution in [1.82, 2.24) is 4.98 Å². The number of aromatic nitrogens is 1. The Balaban J connectivity index is 1.94. The summed E-state index contributed by atoms with van der Waals surface area (Å²) in [6.45, 7) is 3.46. The number of anilines is 1. The van der Waals surface area contributed by atoms with Crippen molar-refractivity contribution in [3.8, 4) is 5.75 Å². The second-order valence-corrected chi connectivity index (χ2v) is 7.87. The lowest BCUT2D eigenvalue weighted by Gasteiger charge is -2.12. The number of fused-ring (bicyclic) bond motifs is 1. The molecule has 7 nitrogen and oxygen atoms in total. The van der Waals surface area contributed by atoms with Crippen molar-refractivity contribution in [2.24, 2.45) is 4.99 Å². The molecule has 0 spiro atoms. The van der Waals surface area contributed by atoms with Gasteiger partial charge in [-0.1, -0.05) is 29.8 Å². The van der Waals surface area contributed by atoms with E-state index in [0.29, 0.717) is 44.4 Å². The van der Waals surface area contributed by atoms with Crippen LogP contribution < -0.4 is 15.6 Å². The summed E-state index contributed by atoms with van der Waals surface area (Å²) < 4.78 is 11.4. The summed E-state index contributed by atoms with van der Waals surface area (Å²) in [5, 5.41) is 13.7. The van der Waals surface area contributed by atoms with Crippen molar-refractivity contribution in [1.29, 1.82) is 0 Å². The molecule has 0 aliphatic rings. The number of amides is 1. The molecule has 0 saturated carbocycles. The van der Waals surface area contributed by atoms with E-state index >= 15 is 0 Å². The molecule has 33 heavy (non-hydrogen) atoms. The minimum Gasteiger partial charge on any atom is -0.495 e. The molecule has 2 N–H and O–H groups in total. The van der Waals surface area contributed by atoms with Gasteiger partial charge in [0.1, 0.15) is 11.3 Å². The zero-order chi connectivity index (χ0) is 23.5. The van der Waals surface area contributed by atoms with Crippen LogP contribution in [0.15, 0.2) is 64.1 Å². The van der Waals surface area contributed by atoms with Gasteiger partial charge < -0.3 is 19.6 Å². The van der Waals surface area contributed by atoms with Gasteiger partial charge in [0.15, 0.2) is 5.58 Å². The number of pyridine rings is 1. The molecule has 168 valence electrons. The van der Waals surface area contributed by atoms with E-state index in [2.05, 4.69) is 15.3 Å². The first-order valence-corrected chi connectivity index (χ1v) is 10.6. The second-order valence-electron chi connectivity index (χ2n) is 7.43. The fraction of sp³-hybridized carbons (Fsp3) is 0.160. The van der Waals surface area contributed by atoms with Gasteiger partial charge in [0.2, 0.25) is 5.55 Å². The molecule has 0 radical (unpaired) electrons. The highest BCUT2D eigenvalue weighted by Gasteiger charge is 2.18. The molecule has 0 unspecified atom stereocenters. The van der Waals surface area contributed by atoms with Crippen molar-refractivity contribution < 1.29 is 19.1 Å². The summed E-state index contributed by atoms with van der Waals surface area (Å²) >= 11 is 6.12. The third kappa shape index (κ3) is 4.60. The molecule has 4 rings (SSSR count). The van der Waals surface area contributed by atoms with Crippen LogP contribution >= 0.6 is 11.6 Å². The number of carbonyl (C=O) groups excluding carboxylic acids is 1. The molecule has 2 heterocycles. The highest BCUT2D eigenvalue weighted by Crippen LogP contribution is 2.29. The molecule has 1 amide bonds. The van der Waals surface area contributed by atoms with E-state index in [0.717, 1.165) is 5.56 Å². The largest absolute Gasteiger partial charge is 0.495 e. The Kier molecular flexibility index (Phi) is 6.44. The van der Waals surface area contributed by atoms with Gasteiger partial charge >= 0.3 is 0 Å². The smallest absolute Gasteiger partial charge is 0.261 e. The fourth-order valence-electron chi connectivity index (χ4n) is 3.43. The zero-order valence-corrected chi connectivity index (χ0v) is 19.1. The van der Waals surface area contributed by atoms with Gasteiger partial charge in [-0.2, -0.15) is 0 Å². The molecule has 4 aromatic rings. The Morgan fingerprint density at radius 2 is 2.00 bits per heavy atom. The number of para-hydroxylation sites is 1. The van der Waals surface area contributed by atoms with Crippen molar-refractivity contribution in [2.45, 2.75) is 20.5 Å². The van der Waals surface area contributed by atoms with Gasteiger partial charge in [0.05, 0.1) is 30.8 Å². The number of carbonyl (C=O) groups is 1. The number of aliphatic hydroxyl groups is 1. The van der Waals surface area contributed by atoms with Crippen LogP contribution in [-0.2, 0) is 6.61 Å². The first kappa shape index (κ1) is 22.5. The Hall–Kier alpha value is -3.68. The number of hydrogen-bond acceptors (Lipinski definition) is 6. The first-order valence-electron chi connectivity index (χ1n) is 10.2. The number of nitrogens with zero attached hydrogens (tertiary/aromatic N) is 2. The van der Waals surface area contributed by atoms with Gasteiger partial charge in [0, 0.05) is 22.2 Å². The van der Waals surface area contributed by atoms with Gasteiger partial charge in [-0.15, -0.1) is 0 Å². The summed E-state index contributed by atoms with van der Waals surface area (Å²) in [5.74, 6) is -0.00846. The zero-order valence-electron chi connectivity index (χ0n) is 18.3. The highest BCUT2D eigenvalue weighted by molar-refractivity contribution is 6.31. The molecular weight excluding hydrogens is 442 g/mol. The minimum absolute atomic E-state index is 0.121. The van der Waals surface area contributed by atoms with E-state index in [9.17, 15) is 9.90 Å². The van der Waals surface area contributed by atoms with E-state index in [1.54, 1.807) is 37.4 Å². The lowest BCUT2D eigenvalue weighted by molar-refractivity contribution is 0.102. The van der Waals surface area contributed by atoms with Gasteiger partial charge in [-0.05, 0) is 49.7 Å². The number of aliphatic hydroxyl groups excluding tert-OH is 1. The summed E-state index contributed by atoms with van der Waals surface area (Å²) in [6.07, 6.45) is 1.56. The molecule has 0 fully saturated rings. The van der Waals surface area contributed by atoms with Gasteiger partial charge in [0.25, 0.3) is 5.91 Å². The van der Waals surface area contributed by atoms with Crippen LogP contribution in [0.5, 0.6) is 5.75 Å². The van der Waals surface area contributed by atoms with Crippen LogP contribution in [0, 0.1) is 13.8 Å². The maximum atomic E-state index is 13.4. The second kappa shape index (κ2) is 9.44. The third-order valence-corrected chi connectivity index (χ3v) is 5.45. The molecule has 2 aromatic carbocycles. The number of hydrogen-bond donors (Lipinski definition) is 2. The van der Waals surface area contributed by atoms with E-state index in [4.69, 9.17) is 20.8 Å². The number of aryl methyl sites for hydroxylation is 2. The number of benzene rings is 2. The summed E-state index contributed by atoms with van der Waals surface area (Å²) in [6, 6.07) is 14.1. The topological polar surface area (TPSA) is 97.0 Å². The van der Waals surface area contributed by atoms with E-state index < -0.39 is 5.91 Å². The van der Waals surface area contributed by atoms with Crippen LogP contribution in [-0.4, -0.2) is 23.1 Å². The average Bonchev–Trinajstić information content (AvgIpc) is 2.81. The van der Waals surface area contributed by atoms with E-state index in [-0.39, 0.29) is 17.7 Å². The number of ether oxygens (including phenoxy) is 1. The molecule has 2 aromatic heterocycles. The van der Waals surface area contributed by atoms with Gasteiger partial charge in [-0.3, -0.25) is 9.78 Å². The number of rotatable bonds is 5. The van der Waals surface area contributed by atoms with Crippen molar-refractivity contribution in [2.75, 3.05) is 12.4 Å². The molecule has 0 saturated heterocycles. The molecule has 8 heteroatoms. The maximum Gasteiger partial charge on any atom is 0.261 e. The standard InChI is InChI=1S/C25H22ClN3O4/c1-14-6-4-5-7-20(14)29-25-19(11-18-16(13-30)12-27-15(2)23(18)33-25)24(31)28-21-10-17(26)8-9-22(21)32-3/h4-12,30H,13H2,1-3H3,(H,28,31). The number of nitrogens with one attached hydrogen (secondary N) is 1. The van der Waals surface area contributed by atoms with Crippen LogP contribution in [0.4, 0.5) is 11.4 Å². The van der Waals surface area contributed by atoms with Crippen molar-refractivity contribution in [3.05, 3.63) is 87.7 Å². The van der Waals surface area contributed by atoms with Crippen LogP contribution in [0.2, 0.25) is 5.02 Å². The molecule has 0 atom stereocenters. The molecule has 0 bridgehead atoms. The van der Waals surface area contributed by atoms with Gasteiger partial charge in [-0.25, -0.2) is 4.99 Å². The first-order chi connectivity index (χ1) is 15.9. The Morgan fingerprint density at radius 3 is 2.73 bits per heavy atom. The monoisotopic (exact) mass is 463 g/mol. The Morgan fingerprint density at radius 1 is 1.21 bits per heavy atom. The fourth-order valence-corrected chi connectivity index (χ4v) is 3.60. The van der Waals surface area contributed by atoms with E-state index in [1.165, 1.54) is 7.11 Å². The number of methoxy groups -OCH3 is 1. The lowest BCUT2D eigenvalue weighted by atomic mass is 10.1. The van der Waals surface area contributed by atoms with E-state index in [1.807, 2.05) is 31.2 Å². The SMILES string of the molecule is COc1ccc(Cl)cc1NC(=O)c1cc2c(CO)cnc(C)c2oc1=Nc1ccccc1C. The van der Waals surface area contributed by atoms with Crippen molar-refractivity contribution in [3.63, 3.8) is 0 Å². The Labute approximate surface area is 195 Å². The number of halogens is 1. The normalized spacial score (nSPS) is 11.6. The predicted octanol–water partition coefficient (Wildman–Crippen LogP) is 5.08. The minimum atomic E-state index is -0.466. The highest BCUT2D eigenvalue weighted by atomic mass is 35.5. The molecular formula is C25H22ClN3O4. The summed E-state index contributed by atoms with van der Waals surface area (Å²) in [4.78, 5) is 22.3. The van der Waals surface area contributed by atoms with Crippen LogP contribution in [0.25, 0.3) is 11.0 Å². The average molecular weight is 464 g/mol. The summed E-state index contributed by atoms with van der Waals surface area (Å²) in [5.41, 5.74) is 3.91. The summed E-state index contributed by atoms with van der Waals surface area (Å²) in [7, 11) is 1.51. The predicted molar refractivity (Wildman–Crippen MR) is 127 cm³/mol. The Bertz CT molecular complexity index is 1430. The van der Waals surface area contributed by atoms with Crippen molar-refractivity contribution >= 4 is 39.9 Å². The maximum absolute atomic E-state index is 13.4. The van der Waals surface area contributed by atoms with Crippen LogP contribution in [0.1, 0.15) is 27.2 Å². The molecule has 0 aliphatic carbocycles. The quantitative estimate of drug-likeness (QED) is 0.430.